The summed E-state index contributed by atoms with van der Waals surface area (Å²) in [5.41, 5.74) is 0.656. The van der Waals surface area contributed by atoms with Gasteiger partial charge in [-0.25, -0.2) is 13.1 Å². The molecule has 21 heavy (non-hydrogen) atoms. The fourth-order valence-electron chi connectivity index (χ4n) is 1.51. The van der Waals surface area contributed by atoms with Crippen molar-refractivity contribution in [1.82, 2.24) is 4.72 Å². The van der Waals surface area contributed by atoms with Crippen LogP contribution in [0.3, 0.4) is 0 Å². The lowest BCUT2D eigenvalue weighted by atomic mass is 10.2. The van der Waals surface area contributed by atoms with Crippen LogP contribution in [0.1, 0.15) is 19.4 Å². The van der Waals surface area contributed by atoms with Crippen molar-refractivity contribution in [3.63, 3.8) is 0 Å². The molecule has 116 valence electrons. The Balaban J connectivity index is 2.54. The van der Waals surface area contributed by atoms with Gasteiger partial charge in [-0.2, -0.15) is 0 Å². The molecule has 0 atom stereocenters. The Labute approximate surface area is 126 Å². The van der Waals surface area contributed by atoms with Crippen LogP contribution >= 0.6 is 0 Å². The Hall–Kier alpha value is -1.39. The number of hydrogen-bond donors (Lipinski definition) is 2. The molecule has 0 radical (unpaired) electrons. The van der Waals surface area contributed by atoms with Crippen LogP contribution in [0.2, 0.25) is 0 Å². The van der Waals surface area contributed by atoms with Crippen molar-refractivity contribution in [2.75, 3.05) is 26.4 Å². The molecule has 1 rings (SSSR count). The van der Waals surface area contributed by atoms with Crippen LogP contribution in [0, 0.1) is 17.8 Å². The Morgan fingerprint density at radius 1 is 1.29 bits per heavy atom. The first kappa shape index (κ1) is 17.7. The van der Waals surface area contributed by atoms with Crippen molar-refractivity contribution < 1.29 is 18.3 Å². The number of hydrogen-bond acceptors (Lipinski definition) is 4. The van der Waals surface area contributed by atoms with E-state index in [9.17, 15) is 8.42 Å². The molecule has 0 heterocycles. The highest BCUT2D eigenvalue weighted by atomic mass is 32.2. The SMILES string of the molecule is CC(C)COCCNS(=O)(=O)c1ccc(C#CCO)cc1. The van der Waals surface area contributed by atoms with E-state index in [1.54, 1.807) is 12.1 Å². The maximum absolute atomic E-state index is 12.0. The second-order valence-corrected chi connectivity index (χ2v) is 6.62. The molecule has 0 saturated heterocycles. The van der Waals surface area contributed by atoms with Crippen LogP contribution in [0.5, 0.6) is 0 Å². The highest BCUT2D eigenvalue weighted by molar-refractivity contribution is 7.89. The second kappa shape index (κ2) is 8.80. The second-order valence-electron chi connectivity index (χ2n) is 4.85. The first-order valence-corrected chi connectivity index (χ1v) is 8.21. The van der Waals surface area contributed by atoms with Crippen molar-refractivity contribution in [2.45, 2.75) is 18.7 Å². The van der Waals surface area contributed by atoms with Crippen molar-refractivity contribution >= 4 is 10.0 Å². The van der Waals surface area contributed by atoms with E-state index < -0.39 is 10.0 Å². The molecule has 0 unspecified atom stereocenters. The molecule has 0 aliphatic rings. The summed E-state index contributed by atoms with van der Waals surface area (Å²) in [4.78, 5) is 0.181. The maximum atomic E-state index is 12.0. The molecule has 2 N–H and O–H groups in total. The lowest BCUT2D eigenvalue weighted by Gasteiger charge is -2.09. The van der Waals surface area contributed by atoms with Gasteiger partial charge in [-0.3, -0.25) is 0 Å². The standard InChI is InChI=1S/C15H21NO4S/c1-13(2)12-20-11-9-16-21(18,19)15-7-5-14(6-8-15)4-3-10-17/h5-8,13,16-17H,9-12H2,1-2H3. The summed E-state index contributed by atoms with van der Waals surface area (Å²) in [5.74, 6) is 5.64. The quantitative estimate of drug-likeness (QED) is 0.581. The first-order chi connectivity index (χ1) is 9.95. The molecule has 1 aromatic carbocycles. The van der Waals surface area contributed by atoms with E-state index >= 15 is 0 Å². The number of ether oxygens (including phenoxy) is 1. The summed E-state index contributed by atoms with van der Waals surface area (Å²) in [6.45, 7) is 5.04. The summed E-state index contributed by atoms with van der Waals surface area (Å²) < 4.78 is 31.8. The molecule has 0 bridgehead atoms. The van der Waals surface area contributed by atoms with E-state index in [1.807, 2.05) is 13.8 Å². The molecule has 5 nitrogen and oxygen atoms in total. The van der Waals surface area contributed by atoms with E-state index in [4.69, 9.17) is 9.84 Å². The lowest BCUT2D eigenvalue weighted by molar-refractivity contribution is 0.114. The minimum Gasteiger partial charge on any atom is -0.384 e. The first-order valence-electron chi connectivity index (χ1n) is 6.73. The van der Waals surface area contributed by atoms with E-state index in [-0.39, 0.29) is 18.0 Å². The van der Waals surface area contributed by atoms with Crippen molar-refractivity contribution in [2.24, 2.45) is 5.92 Å². The van der Waals surface area contributed by atoms with E-state index in [1.165, 1.54) is 12.1 Å². The highest BCUT2D eigenvalue weighted by Gasteiger charge is 2.12. The van der Waals surface area contributed by atoms with Crippen LogP contribution in [0.15, 0.2) is 29.2 Å². The van der Waals surface area contributed by atoms with Gasteiger partial charge < -0.3 is 9.84 Å². The van der Waals surface area contributed by atoms with Crippen LogP contribution in [0.4, 0.5) is 0 Å². The monoisotopic (exact) mass is 311 g/mol. The van der Waals surface area contributed by atoms with Gasteiger partial charge in [-0.1, -0.05) is 25.7 Å². The van der Waals surface area contributed by atoms with Crippen molar-refractivity contribution in [1.29, 1.82) is 0 Å². The number of nitrogens with one attached hydrogen (secondary N) is 1. The van der Waals surface area contributed by atoms with Gasteiger partial charge >= 0.3 is 0 Å². The van der Waals surface area contributed by atoms with Gasteiger partial charge in [0.25, 0.3) is 0 Å². The molecule has 0 saturated carbocycles. The van der Waals surface area contributed by atoms with Gasteiger partial charge in [-0.15, -0.1) is 0 Å². The topological polar surface area (TPSA) is 75.6 Å². The average Bonchev–Trinajstić information content (AvgIpc) is 2.44. The zero-order valence-corrected chi connectivity index (χ0v) is 13.1. The molecule has 0 fully saturated rings. The van der Waals surface area contributed by atoms with E-state index in [2.05, 4.69) is 16.6 Å². The molecular formula is C15H21NO4S. The predicted octanol–water partition coefficient (Wildman–Crippen LogP) is 0.981. The summed E-state index contributed by atoms with van der Waals surface area (Å²) in [6.07, 6.45) is 0. The van der Waals surface area contributed by atoms with E-state index in [0.29, 0.717) is 24.7 Å². The normalized spacial score (nSPS) is 11.2. The molecule has 0 aromatic heterocycles. The highest BCUT2D eigenvalue weighted by Crippen LogP contribution is 2.09. The Kier molecular flexibility index (Phi) is 7.40. The molecule has 0 spiro atoms. The van der Waals surface area contributed by atoms with E-state index in [0.717, 1.165) is 0 Å². The van der Waals surface area contributed by atoms with Crippen LogP contribution < -0.4 is 4.72 Å². The maximum Gasteiger partial charge on any atom is 0.240 e. The number of aliphatic hydroxyl groups excluding tert-OH is 1. The summed E-state index contributed by atoms with van der Waals surface area (Å²) in [6, 6.07) is 6.18. The fraction of sp³-hybridized carbons (Fsp3) is 0.467. The van der Waals surface area contributed by atoms with Gasteiger partial charge in [0, 0.05) is 18.7 Å². The Bertz CT molecular complexity index is 582. The van der Waals surface area contributed by atoms with Gasteiger partial charge in [0.2, 0.25) is 10.0 Å². The van der Waals surface area contributed by atoms with Crippen molar-refractivity contribution in [3.8, 4) is 11.8 Å². The van der Waals surface area contributed by atoms with Gasteiger partial charge in [0.05, 0.1) is 11.5 Å². The summed E-state index contributed by atoms with van der Waals surface area (Å²) >= 11 is 0. The van der Waals surface area contributed by atoms with Crippen LogP contribution in [-0.2, 0) is 14.8 Å². The predicted molar refractivity (Wildman–Crippen MR) is 81.3 cm³/mol. The number of benzene rings is 1. The third-order valence-electron chi connectivity index (χ3n) is 2.47. The number of aliphatic hydroxyl groups is 1. The summed E-state index contributed by atoms with van der Waals surface area (Å²) in [5, 5.41) is 8.60. The molecule has 0 aliphatic heterocycles. The minimum atomic E-state index is -3.53. The van der Waals surface area contributed by atoms with Crippen LogP contribution in [0.25, 0.3) is 0 Å². The molecular weight excluding hydrogens is 290 g/mol. The zero-order chi connectivity index (χ0) is 15.7. The Morgan fingerprint density at radius 2 is 1.95 bits per heavy atom. The Morgan fingerprint density at radius 3 is 2.52 bits per heavy atom. The van der Waals surface area contributed by atoms with Crippen LogP contribution in [-0.4, -0.2) is 39.9 Å². The fourth-order valence-corrected chi connectivity index (χ4v) is 2.52. The molecule has 1 aromatic rings. The molecule has 0 amide bonds. The number of rotatable bonds is 7. The third kappa shape index (κ3) is 6.74. The summed E-state index contributed by atoms with van der Waals surface area (Å²) in [7, 11) is -3.53. The van der Waals surface area contributed by atoms with Crippen molar-refractivity contribution in [3.05, 3.63) is 29.8 Å². The number of sulfonamides is 1. The largest absolute Gasteiger partial charge is 0.384 e. The smallest absolute Gasteiger partial charge is 0.240 e. The third-order valence-corrected chi connectivity index (χ3v) is 3.94. The van der Waals surface area contributed by atoms with Gasteiger partial charge in [0.15, 0.2) is 0 Å². The minimum absolute atomic E-state index is 0.181. The molecule has 6 heteroatoms. The average molecular weight is 311 g/mol. The zero-order valence-electron chi connectivity index (χ0n) is 12.3. The van der Waals surface area contributed by atoms with Gasteiger partial charge in [-0.05, 0) is 30.2 Å². The van der Waals surface area contributed by atoms with Gasteiger partial charge in [0.1, 0.15) is 6.61 Å². The molecule has 0 aliphatic carbocycles. The lowest BCUT2D eigenvalue weighted by Crippen LogP contribution is -2.27.